The smallest absolute Gasteiger partial charge is 0.00445 e. The van der Waals surface area contributed by atoms with Gasteiger partial charge in [0, 0.05) is 0 Å². The first-order valence-electron chi connectivity index (χ1n) is 12.8. The van der Waals surface area contributed by atoms with Gasteiger partial charge < -0.3 is 0 Å². The Morgan fingerprint density at radius 3 is 2.62 bits per heavy atom. The summed E-state index contributed by atoms with van der Waals surface area (Å²) >= 11 is 0. The fraction of sp³-hybridized carbons (Fsp3) is 0.793. The second-order valence-electron chi connectivity index (χ2n) is 11.9. The molecule has 0 aromatic rings. The summed E-state index contributed by atoms with van der Waals surface area (Å²) < 4.78 is 0. The van der Waals surface area contributed by atoms with Crippen molar-refractivity contribution in [3.05, 3.63) is 35.5 Å². The lowest BCUT2D eigenvalue weighted by Crippen LogP contribution is -2.49. The third-order valence-corrected chi connectivity index (χ3v) is 10.4. The van der Waals surface area contributed by atoms with Gasteiger partial charge in [-0.25, -0.2) is 0 Å². The molecule has 162 valence electrons. The van der Waals surface area contributed by atoms with Gasteiger partial charge in [0.25, 0.3) is 0 Å². The lowest BCUT2D eigenvalue weighted by molar-refractivity contribution is -0.0449. The Kier molecular flexibility index (Phi) is 5.95. The van der Waals surface area contributed by atoms with E-state index in [0.717, 1.165) is 29.6 Å². The molecule has 0 bridgehead atoms. The van der Waals surface area contributed by atoms with Gasteiger partial charge in [-0.15, -0.1) is 0 Å². The first-order valence-corrected chi connectivity index (χ1v) is 12.8. The largest absolute Gasteiger partial charge is 0.0882 e. The standard InChI is InChI=1S/C29H46/c1-7-22(20(2)3)12-11-21(4)25-15-16-26-24-14-13-23-10-8-9-18-28(23,5)27(24)17-19-29(25,26)6/h7-8,10,13,20-21,24-27H,9,11-12,14-19H2,1-6H3/b22-7-/t21-,24+,25-,26+,27+,28+,29-/m1/s1. The van der Waals surface area contributed by atoms with Gasteiger partial charge >= 0.3 is 0 Å². The minimum absolute atomic E-state index is 0.473. The van der Waals surface area contributed by atoms with Gasteiger partial charge in [-0.2, -0.15) is 0 Å². The van der Waals surface area contributed by atoms with Crippen LogP contribution in [-0.2, 0) is 0 Å². The van der Waals surface area contributed by atoms with E-state index >= 15 is 0 Å². The molecule has 0 aromatic carbocycles. The predicted molar refractivity (Wildman–Crippen MR) is 127 cm³/mol. The normalized spacial score (nSPS) is 42.9. The van der Waals surface area contributed by atoms with E-state index in [9.17, 15) is 0 Å². The van der Waals surface area contributed by atoms with E-state index in [-0.39, 0.29) is 0 Å². The zero-order valence-electron chi connectivity index (χ0n) is 20.1. The van der Waals surface area contributed by atoms with Gasteiger partial charge in [-0.05, 0) is 117 Å². The molecule has 0 N–H and O–H groups in total. The van der Waals surface area contributed by atoms with Gasteiger partial charge in [0.15, 0.2) is 0 Å². The average molecular weight is 395 g/mol. The number of hydrogen-bond donors (Lipinski definition) is 0. The van der Waals surface area contributed by atoms with Gasteiger partial charge in [0.1, 0.15) is 0 Å². The number of hydrogen-bond acceptors (Lipinski definition) is 0. The van der Waals surface area contributed by atoms with E-state index in [1.54, 1.807) is 11.1 Å². The molecular formula is C29H46. The Morgan fingerprint density at radius 1 is 1.10 bits per heavy atom. The van der Waals surface area contributed by atoms with Gasteiger partial charge in [0.2, 0.25) is 0 Å². The summed E-state index contributed by atoms with van der Waals surface area (Å²) in [4.78, 5) is 0. The molecule has 0 aromatic heterocycles. The van der Waals surface area contributed by atoms with E-state index in [1.165, 1.54) is 57.8 Å². The van der Waals surface area contributed by atoms with Crippen molar-refractivity contribution in [2.45, 2.75) is 99.3 Å². The van der Waals surface area contributed by atoms with Crippen LogP contribution in [0.1, 0.15) is 99.3 Å². The highest BCUT2D eigenvalue weighted by Gasteiger charge is 2.58. The average Bonchev–Trinajstić information content (AvgIpc) is 3.05. The van der Waals surface area contributed by atoms with Crippen LogP contribution in [0.2, 0.25) is 0 Å². The maximum absolute atomic E-state index is 2.71. The minimum atomic E-state index is 0.473. The van der Waals surface area contributed by atoms with Crippen molar-refractivity contribution in [1.82, 2.24) is 0 Å². The van der Waals surface area contributed by atoms with Crippen molar-refractivity contribution in [2.24, 2.45) is 46.3 Å². The molecule has 0 amide bonds. The number of fused-ring (bicyclic) bond motifs is 5. The molecule has 0 heterocycles. The molecule has 4 rings (SSSR count). The Hall–Kier alpha value is -0.780. The summed E-state index contributed by atoms with van der Waals surface area (Å²) in [6, 6.07) is 0. The van der Waals surface area contributed by atoms with Crippen molar-refractivity contribution < 1.29 is 0 Å². The van der Waals surface area contributed by atoms with E-state index in [4.69, 9.17) is 0 Å². The summed E-state index contributed by atoms with van der Waals surface area (Å²) in [5, 5.41) is 0. The second-order valence-corrected chi connectivity index (χ2v) is 11.9. The van der Waals surface area contributed by atoms with Crippen LogP contribution in [0.5, 0.6) is 0 Å². The fourth-order valence-corrected chi connectivity index (χ4v) is 8.64. The molecule has 0 radical (unpaired) electrons. The van der Waals surface area contributed by atoms with Gasteiger partial charge in [-0.1, -0.05) is 64.5 Å². The Morgan fingerprint density at radius 2 is 1.90 bits per heavy atom. The van der Waals surface area contributed by atoms with E-state index in [1.807, 2.05) is 0 Å². The van der Waals surface area contributed by atoms with Crippen molar-refractivity contribution in [1.29, 1.82) is 0 Å². The van der Waals surface area contributed by atoms with Crippen LogP contribution < -0.4 is 0 Å². The molecule has 29 heavy (non-hydrogen) atoms. The summed E-state index contributed by atoms with van der Waals surface area (Å²) in [6.45, 7) is 14.9. The Balaban J connectivity index is 1.49. The Bertz CT molecular complexity index is 691. The molecule has 0 heteroatoms. The molecule has 7 atom stereocenters. The van der Waals surface area contributed by atoms with Crippen molar-refractivity contribution in [2.75, 3.05) is 0 Å². The summed E-state index contributed by atoms with van der Waals surface area (Å²) in [6.07, 6.45) is 22.6. The summed E-state index contributed by atoms with van der Waals surface area (Å²) in [5.41, 5.74) is 4.43. The lowest BCUT2D eigenvalue weighted by Gasteiger charge is -2.57. The summed E-state index contributed by atoms with van der Waals surface area (Å²) in [5.74, 6) is 5.40. The molecule has 4 aliphatic rings. The topological polar surface area (TPSA) is 0 Å². The Labute approximate surface area is 181 Å². The maximum Gasteiger partial charge on any atom is -0.00445 e. The van der Waals surface area contributed by atoms with Crippen LogP contribution in [0, 0.1) is 46.3 Å². The molecule has 0 spiro atoms. The monoisotopic (exact) mass is 394 g/mol. The van der Waals surface area contributed by atoms with Gasteiger partial charge in [-0.3, -0.25) is 0 Å². The van der Waals surface area contributed by atoms with Gasteiger partial charge in [0.05, 0.1) is 0 Å². The first kappa shape index (κ1) is 21.5. The lowest BCUT2D eigenvalue weighted by atomic mass is 9.47. The van der Waals surface area contributed by atoms with Crippen LogP contribution in [0.3, 0.4) is 0 Å². The van der Waals surface area contributed by atoms with Crippen LogP contribution in [0.25, 0.3) is 0 Å². The third kappa shape index (κ3) is 3.51. The van der Waals surface area contributed by atoms with E-state index in [2.05, 4.69) is 65.8 Å². The minimum Gasteiger partial charge on any atom is -0.0882 e. The molecule has 2 saturated carbocycles. The first-order chi connectivity index (χ1) is 13.8. The van der Waals surface area contributed by atoms with Crippen LogP contribution in [0.15, 0.2) is 35.5 Å². The quantitative estimate of drug-likeness (QED) is 0.409. The summed E-state index contributed by atoms with van der Waals surface area (Å²) in [7, 11) is 0. The highest BCUT2D eigenvalue weighted by atomic mass is 14.6. The highest BCUT2D eigenvalue weighted by Crippen LogP contribution is 2.66. The van der Waals surface area contributed by atoms with Crippen LogP contribution >= 0.6 is 0 Å². The van der Waals surface area contributed by atoms with Crippen molar-refractivity contribution in [3.8, 4) is 0 Å². The second kappa shape index (κ2) is 8.05. The number of allylic oxidation sites excluding steroid dienone is 6. The SMILES string of the molecule is C/C=C(/CC[C@@H](C)[C@H]1CC[C@H]2[C@@H]3CC=C4C=CCC[C@]4(C)[C@H]3CC[C@]12C)C(C)C. The predicted octanol–water partition coefficient (Wildman–Crippen LogP) is 8.75. The van der Waals surface area contributed by atoms with Crippen LogP contribution in [0.4, 0.5) is 0 Å². The number of rotatable bonds is 5. The zero-order valence-corrected chi connectivity index (χ0v) is 20.1. The molecule has 4 aliphatic carbocycles. The molecular weight excluding hydrogens is 348 g/mol. The van der Waals surface area contributed by atoms with E-state index < -0.39 is 0 Å². The van der Waals surface area contributed by atoms with E-state index in [0.29, 0.717) is 16.7 Å². The fourth-order valence-electron chi connectivity index (χ4n) is 8.64. The maximum atomic E-state index is 2.71. The molecule has 2 fully saturated rings. The highest BCUT2D eigenvalue weighted by molar-refractivity contribution is 5.34. The van der Waals surface area contributed by atoms with Crippen molar-refractivity contribution in [3.63, 3.8) is 0 Å². The third-order valence-electron chi connectivity index (χ3n) is 10.4. The molecule has 0 nitrogen and oxygen atoms in total. The van der Waals surface area contributed by atoms with Crippen molar-refractivity contribution >= 4 is 0 Å². The molecule has 0 unspecified atom stereocenters. The van der Waals surface area contributed by atoms with Crippen LogP contribution in [-0.4, -0.2) is 0 Å². The molecule has 0 saturated heterocycles. The molecule has 0 aliphatic heterocycles. The zero-order chi connectivity index (χ0) is 20.8.